The zero-order valence-electron chi connectivity index (χ0n) is 6.96. The van der Waals surface area contributed by atoms with Crippen LogP contribution < -0.4 is 10.5 Å². The molecule has 0 aliphatic heterocycles. The predicted molar refractivity (Wildman–Crippen MR) is 46.9 cm³/mol. The van der Waals surface area contributed by atoms with Crippen LogP contribution >= 0.6 is 0 Å². The van der Waals surface area contributed by atoms with Gasteiger partial charge in [0.25, 0.3) is 0 Å². The molecule has 3 heteroatoms. The van der Waals surface area contributed by atoms with Crippen molar-refractivity contribution in [1.29, 1.82) is 0 Å². The molecule has 1 aromatic rings. The lowest BCUT2D eigenvalue weighted by molar-refractivity contribution is 0.210. The average Bonchev–Trinajstić information content (AvgIpc) is 2.03. The van der Waals surface area contributed by atoms with E-state index < -0.39 is 6.17 Å². The number of rotatable bonds is 3. The van der Waals surface area contributed by atoms with E-state index >= 15 is 0 Å². The van der Waals surface area contributed by atoms with Crippen LogP contribution in [0.1, 0.15) is 6.92 Å². The number of benzene rings is 1. The Morgan fingerprint density at radius 2 is 2.00 bits per heavy atom. The van der Waals surface area contributed by atoms with Crippen LogP contribution in [0.3, 0.4) is 0 Å². The summed E-state index contributed by atoms with van der Waals surface area (Å²) in [7, 11) is 0. The van der Waals surface area contributed by atoms with E-state index in [1.54, 1.807) is 24.3 Å². The Bertz CT molecular complexity index is 233. The highest BCUT2D eigenvalue weighted by Crippen LogP contribution is 2.13. The SMILES string of the molecule is CC(F)COc1ccc(N)cc1. The molecular weight excluding hydrogens is 157 g/mol. The molecule has 0 saturated heterocycles. The molecule has 0 amide bonds. The number of halogens is 1. The summed E-state index contributed by atoms with van der Waals surface area (Å²) in [5, 5.41) is 0. The number of nitrogen functional groups attached to an aromatic ring is 1. The molecule has 0 saturated carbocycles. The molecule has 0 radical (unpaired) electrons. The molecule has 1 unspecified atom stereocenters. The first kappa shape index (κ1) is 8.84. The van der Waals surface area contributed by atoms with Gasteiger partial charge in [-0.3, -0.25) is 0 Å². The zero-order valence-corrected chi connectivity index (χ0v) is 6.96. The number of ether oxygens (including phenoxy) is 1. The Morgan fingerprint density at radius 1 is 1.42 bits per heavy atom. The van der Waals surface area contributed by atoms with Gasteiger partial charge in [0, 0.05) is 5.69 Å². The summed E-state index contributed by atoms with van der Waals surface area (Å²) in [5.41, 5.74) is 6.13. The first-order chi connectivity index (χ1) is 5.68. The van der Waals surface area contributed by atoms with Crippen molar-refractivity contribution in [2.45, 2.75) is 13.1 Å². The molecule has 1 rings (SSSR count). The Morgan fingerprint density at radius 3 is 2.50 bits per heavy atom. The second-order valence-corrected chi connectivity index (χ2v) is 2.66. The van der Waals surface area contributed by atoms with Gasteiger partial charge in [-0.05, 0) is 31.2 Å². The average molecular weight is 169 g/mol. The third kappa shape index (κ3) is 2.78. The number of alkyl halides is 1. The van der Waals surface area contributed by atoms with Crippen molar-refractivity contribution in [3.63, 3.8) is 0 Å². The first-order valence-corrected chi connectivity index (χ1v) is 3.81. The molecule has 0 spiro atoms. The quantitative estimate of drug-likeness (QED) is 0.702. The Balaban J connectivity index is 2.48. The fourth-order valence-electron chi connectivity index (χ4n) is 0.775. The second-order valence-electron chi connectivity index (χ2n) is 2.66. The highest BCUT2D eigenvalue weighted by molar-refractivity contribution is 5.41. The minimum Gasteiger partial charge on any atom is -0.491 e. The van der Waals surface area contributed by atoms with Crippen LogP contribution in [0, 0.1) is 0 Å². The van der Waals surface area contributed by atoms with Gasteiger partial charge in [0.05, 0.1) is 0 Å². The van der Waals surface area contributed by atoms with Gasteiger partial charge in [0.1, 0.15) is 18.5 Å². The summed E-state index contributed by atoms with van der Waals surface area (Å²) in [4.78, 5) is 0. The van der Waals surface area contributed by atoms with E-state index in [-0.39, 0.29) is 6.61 Å². The van der Waals surface area contributed by atoms with Crippen molar-refractivity contribution in [3.8, 4) is 5.75 Å². The van der Waals surface area contributed by atoms with E-state index in [2.05, 4.69) is 0 Å². The molecule has 0 aliphatic carbocycles. The van der Waals surface area contributed by atoms with Crippen molar-refractivity contribution >= 4 is 5.69 Å². The van der Waals surface area contributed by atoms with Crippen molar-refractivity contribution in [3.05, 3.63) is 24.3 Å². The van der Waals surface area contributed by atoms with Gasteiger partial charge in [0.2, 0.25) is 0 Å². The molecule has 66 valence electrons. The van der Waals surface area contributed by atoms with Crippen LogP contribution in [0.5, 0.6) is 5.75 Å². The minimum atomic E-state index is -0.942. The molecule has 12 heavy (non-hydrogen) atoms. The maximum Gasteiger partial charge on any atom is 0.131 e. The molecular formula is C9H12FNO. The van der Waals surface area contributed by atoms with Crippen LogP contribution in [0.25, 0.3) is 0 Å². The second kappa shape index (κ2) is 3.95. The molecule has 1 aromatic carbocycles. The third-order valence-corrected chi connectivity index (χ3v) is 1.36. The number of nitrogens with two attached hydrogens (primary N) is 1. The van der Waals surface area contributed by atoms with Crippen LogP contribution in [0.15, 0.2) is 24.3 Å². The normalized spacial score (nSPS) is 12.5. The number of hydrogen-bond donors (Lipinski definition) is 1. The van der Waals surface area contributed by atoms with E-state index in [9.17, 15) is 4.39 Å². The Hall–Kier alpha value is -1.25. The number of anilines is 1. The van der Waals surface area contributed by atoms with Gasteiger partial charge in [-0.25, -0.2) is 4.39 Å². The van der Waals surface area contributed by atoms with Crippen molar-refractivity contribution in [2.24, 2.45) is 0 Å². The summed E-state index contributed by atoms with van der Waals surface area (Å²) in [6.45, 7) is 1.54. The maximum absolute atomic E-state index is 12.3. The lowest BCUT2D eigenvalue weighted by Crippen LogP contribution is -2.08. The first-order valence-electron chi connectivity index (χ1n) is 3.81. The molecule has 0 aliphatic rings. The van der Waals surface area contributed by atoms with Crippen molar-refractivity contribution < 1.29 is 9.13 Å². The smallest absolute Gasteiger partial charge is 0.131 e. The van der Waals surface area contributed by atoms with Gasteiger partial charge in [-0.2, -0.15) is 0 Å². The van der Waals surface area contributed by atoms with E-state index in [0.717, 1.165) is 0 Å². The van der Waals surface area contributed by atoms with E-state index in [4.69, 9.17) is 10.5 Å². The largest absolute Gasteiger partial charge is 0.491 e. The fraction of sp³-hybridized carbons (Fsp3) is 0.333. The maximum atomic E-state index is 12.3. The molecule has 0 heterocycles. The fourth-order valence-corrected chi connectivity index (χ4v) is 0.775. The van der Waals surface area contributed by atoms with Crippen molar-refractivity contribution in [1.82, 2.24) is 0 Å². The van der Waals surface area contributed by atoms with E-state index in [1.807, 2.05) is 0 Å². The molecule has 1 atom stereocenters. The third-order valence-electron chi connectivity index (χ3n) is 1.36. The summed E-state index contributed by atoms with van der Waals surface area (Å²) < 4.78 is 17.4. The van der Waals surface area contributed by atoms with Gasteiger partial charge >= 0.3 is 0 Å². The predicted octanol–water partition coefficient (Wildman–Crippen LogP) is 2.01. The van der Waals surface area contributed by atoms with Gasteiger partial charge < -0.3 is 10.5 Å². The summed E-state index contributed by atoms with van der Waals surface area (Å²) >= 11 is 0. The van der Waals surface area contributed by atoms with Crippen molar-refractivity contribution in [2.75, 3.05) is 12.3 Å². The summed E-state index contributed by atoms with van der Waals surface area (Å²) in [6.07, 6.45) is -0.942. The Labute approximate surface area is 71.1 Å². The zero-order chi connectivity index (χ0) is 8.97. The van der Waals surface area contributed by atoms with Gasteiger partial charge in [-0.15, -0.1) is 0 Å². The Kier molecular flexibility index (Phi) is 2.91. The molecule has 0 bridgehead atoms. The molecule has 2 nitrogen and oxygen atoms in total. The topological polar surface area (TPSA) is 35.2 Å². The summed E-state index contributed by atoms with van der Waals surface area (Å²) in [6, 6.07) is 6.88. The number of hydrogen-bond acceptors (Lipinski definition) is 2. The monoisotopic (exact) mass is 169 g/mol. The highest BCUT2D eigenvalue weighted by Gasteiger charge is 1.98. The van der Waals surface area contributed by atoms with E-state index in [1.165, 1.54) is 6.92 Å². The van der Waals surface area contributed by atoms with Gasteiger partial charge in [-0.1, -0.05) is 0 Å². The highest BCUT2D eigenvalue weighted by atomic mass is 19.1. The van der Waals surface area contributed by atoms with Gasteiger partial charge in [0.15, 0.2) is 0 Å². The minimum absolute atomic E-state index is 0.0872. The molecule has 0 fully saturated rings. The summed E-state index contributed by atoms with van der Waals surface area (Å²) in [5.74, 6) is 0.647. The standard InChI is InChI=1S/C9H12FNO/c1-7(10)6-12-9-4-2-8(11)3-5-9/h2-5,7H,6,11H2,1H3. The van der Waals surface area contributed by atoms with Crippen LogP contribution in [-0.2, 0) is 0 Å². The lowest BCUT2D eigenvalue weighted by Gasteiger charge is -2.06. The van der Waals surface area contributed by atoms with Crippen LogP contribution in [0.2, 0.25) is 0 Å². The lowest BCUT2D eigenvalue weighted by atomic mass is 10.3. The molecule has 2 N–H and O–H groups in total. The molecule has 0 aromatic heterocycles. The van der Waals surface area contributed by atoms with Crippen LogP contribution in [-0.4, -0.2) is 12.8 Å². The van der Waals surface area contributed by atoms with E-state index in [0.29, 0.717) is 11.4 Å². The van der Waals surface area contributed by atoms with Crippen LogP contribution in [0.4, 0.5) is 10.1 Å².